The summed E-state index contributed by atoms with van der Waals surface area (Å²) < 4.78 is 15.2. The summed E-state index contributed by atoms with van der Waals surface area (Å²) in [5, 5.41) is 7.59. The van der Waals surface area contributed by atoms with Gasteiger partial charge in [0.05, 0.1) is 23.6 Å². The smallest absolute Gasteiger partial charge is 0.141 e. The second kappa shape index (κ2) is 5.27. The third-order valence-corrected chi connectivity index (χ3v) is 2.88. The SMILES string of the molecule is CCn1nc(C)cc1C(NC)c1cncc(F)c1. The topological polar surface area (TPSA) is 42.7 Å². The van der Waals surface area contributed by atoms with Crippen molar-refractivity contribution in [2.24, 2.45) is 0 Å². The lowest BCUT2D eigenvalue weighted by atomic mass is 10.1. The first-order valence-electron chi connectivity index (χ1n) is 5.97. The molecule has 1 unspecified atom stereocenters. The minimum absolute atomic E-state index is 0.102. The number of rotatable bonds is 4. The molecule has 0 saturated carbocycles. The van der Waals surface area contributed by atoms with E-state index in [1.165, 1.54) is 12.3 Å². The standard InChI is InChI=1S/C13H17FN4/c1-4-18-12(5-9(2)17-18)13(15-3)10-6-11(14)8-16-7-10/h5-8,13,15H,4H2,1-3H3. The van der Waals surface area contributed by atoms with Crippen LogP contribution >= 0.6 is 0 Å². The molecule has 0 aliphatic heterocycles. The third-order valence-electron chi connectivity index (χ3n) is 2.88. The zero-order valence-corrected chi connectivity index (χ0v) is 10.8. The van der Waals surface area contributed by atoms with Crippen molar-refractivity contribution in [3.05, 3.63) is 47.3 Å². The number of nitrogens with zero attached hydrogens (tertiary/aromatic N) is 3. The molecule has 0 aromatic carbocycles. The Balaban J connectivity index is 2.44. The van der Waals surface area contributed by atoms with Crippen LogP contribution in [0, 0.1) is 12.7 Å². The highest BCUT2D eigenvalue weighted by Crippen LogP contribution is 2.22. The van der Waals surface area contributed by atoms with Gasteiger partial charge in [-0.3, -0.25) is 9.67 Å². The number of aromatic nitrogens is 3. The summed E-state index contributed by atoms with van der Waals surface area (Å²) >= 11 is 0. The highest BCUT2D eigenvalue weighted by atomic mass is 19.1. The molecule has 0 spiro atoms. The summed E-state index contributed by atoms with van der Waals surface area (Å²) in [5.74, 6) is -0.327. The molecule has 2 aromatic heterocycles. The van der Waals surface area contributed by atoms with Gasteiger partial charge in [-0.25, -0.2) is 4.39 Å². The zero-order chi connectivity index (χ0) is 13.1. The number of hydrogen-bond donors (Lipinski definition) is 1. The van der Waals surface area contributed by atoms with E-state index in [0.717, 1.165) is 23.5 Å². The molecule has 2 rings (SSSR count). The summed E-state index contributed by atoms with van der Waals surface area (Å²) in [6, 6.07) is 3.40. The fourth-order valence-corrected chi connectivity index (χ4v) is 2.12. The van der Waals surface area contributed by atoms with Gasteiger partial charge in [0, 0.05) is 12.7 Å². The van der Waals surface area contributed by atoms with Crippen molar-refractivity contribution in [2.45, 2.75) is 26.4 Å². The average molecular weight is 248 g/mol. The van der Waals surface area contributed by atoms with E-state index in [1.807, 2.05) is 31.6 Å². The van der Waals surface area contributed by atoms with Crippen molar-refractivity contribution in [3.63, 3.8) is 0 Å². The first kappa shape index (κ1) is 12.7. The molecule has 1 N–H and O–H groups in total. The monoisotopic (exact) mass is 248 g/mol. The third kappa shape index (κ3) is 2.41. The van der Waals surface area contributed by atoms with Crippen LogP contribution in [0.15, 0.2) is 24.5 Å². The van der Waals surface area contributed by atoms with Gasteiger partial charge in [0.2, 0.25) is 0 Å². The van der Waals surface area contributed by atoms with Crippen molar-refractivity contribution < 1.29 is 4.39 Å². The Morgan fingerprint density at radius 3 is 2.78 bits per heavy atom. The van der Waals surface area contributed by atoms with E-state index in [0.29, 0.717) is 0 Å². The van der Waals surface area contributed by atoms with Crippen LogP contribution < -0.4 is 5.32 Å². The molecule has 4 nitrogen and oxygen atoms in total. The van der Waals surface area contributed by atoms with E-state index >= 15 is 0 Å². The highest BCUT2D eigenvalue weighted by molar-refractivity contribution is 5.27. The summed E-state index contributed by atoms with van der Waals surface area (Å²) in [7, 11) is 1.85. The van der Waals surface area contributed by atoms with E-state index in [1.54, 1.807) is 6.20 Å². The van der Waals surface area contributed by atoms with Gasteiger partial charge >= 0.3 is 0 Å². The molecule has 0 radical (unpaired) electrons. The Morgan fingerprint density at radius 1 is 1.39 bits per heavy atom. The predicted molar refractivity (Wildman–Crippen MR) is 67.7 cm³/mol. The molecule has 96 valence electrons. The summed E-state index contributed by atoms with van der Waals surface area (Å²) in [6.07, 6.45) is 2.88. The Labute approximate surface area is 106 Å². The molecule has 0 bridgehead atoms. The molecule has 0 aliphatic rings. The number of halogens is 1. The van der Waals surface area contributed by atoms with Crippen LogP contribution in [0.3, 0.4) is 0 Å². The van der Waals surface area contributed by atoms with Crippen molar-refractivity contribution in [1.29, 1.82) is 0 Å². The van der Waals surface area contributed by atoms with Gasteiger partial charge in [0.25, 0.3) is 0 Å². The van der Waals surface area contributed by atoms with Gasteiger partial charge in [0.15, 0.2) is 0 Å². The Hall–Kier alpha value is -1.75. The molecular weight excluding hydrogens is 231 g/mol. The summed E-state index contributed by atoms with van der Waals surface area (Å²) in [4.78, 5) is 3.90. The molecular formula is C13H17FN4. The maximum atomic E-state index is 13.3. The lowest BCUT2D eigenvalue weighted by Gasteiger charge is -2.17. The van der Waals surface area contributed by atoms with Gasteiger partial charge < -0.3 is 5.32 Å². The van der Waals surface area contributed by atoms with E-state index in [2.05, 4.69) is 15.4 Å². The lowest BCUT2D eigenvalue weighted by Crippen LogP contribution is -2.21. The maximum Gasteiger partial charge on any atom is 0.141 e. The molecule has 0 aliphatic carbocycles. The van der Waals surface area contributed by atoms with Crippen LogP contribution in [-0.4, -0.2) is 21.8 Å². The van der Waals surface area contributed by atoms with Gasteiger partial charge in [-0.2, -0.15) is 5.10 Å². The molecule has 2 aromatic rings. The number of aryl methyl sites for hydroxylation is 2. The molecule has 0 saturated heterocycles. The van der Waals surface area contributed by atoms with Gasteiger partial charge in [0.1, 0.15) is 5.82 Å². The van der Waals surface area contributed by atoms with Crippen LogP contribution in [0.5, 0.6) is 0 Å². The average Bonchev–Trinajstić information content (AvgIpc) is 2.71. The first-order chi connectivity index (χ1) is 8.65. The van der Waals surface area contributed by atoms with Crippen LogP contribution in [0.25, 0.3) is 0 Å². The minimum Gasteiger partial charge on any atom is -0.308 e. The Morgan fingerprint density at radius 2 is 2.17 bits per heavy atom. The van der Waals surface area contributed by atoms with Crippen molar-refractivity contribution in [2.75, 3.05) is 7.05 Å². The predicted octanol–water partition coefficient (Wildman–Crippen LogP) is 2.05. The van der Waals surface area contributed by atoms with E-state index in [4.69, 9.17) is 0 Å². The van der Waals surface area contributed by atoms with E-state index < -0.39 is 0 Å². The first-order valence-corrected chi connectivity index (χ1v) is 5.97. The maximum absolute atomic E-state index is 13.3. The fraction of sp³-hybridized carbons (Fsp3) is 0.385. The fourth-order valence-electron chi connectivity index (χ4n) is 2.12. The second-order valence-corrected chi connectivity index (χ2v) is 4.18. The molecule has 18 heavy (non-hydrogen) atoms. The summed E-state index contributed by atoms with van der Waals surface area (Å²) in [6.45, 7) is 4.77. The van der Waals surface area contributed by atoms with Crippen LogP contribution in [0.2, 0.25) is 0 Å². The molecule has 5 heteroatoms. The van der Waals surface area contributed by atoms with Gasteiger partial charge in [-0.15, -0.1) is 0 Å². The zero-order valence-electron chi connectivity index (χ0n) is 10.8. The van der Waals surface area contributed by atoms with Crippen LogP contribution in [0.4, 0.5) is 4.39 Å². The van der Waals surface area contributed by atoms with Crippen LogP contribution in [0.1, 0.15) is 29.9 Å². The Bertz CT molecular complexity index is 536. The van der Waals surface area contributed by atoms with E-state index in [-0.39, 0.29) is 11.9 Å². The van der Waals surface area contributed by atoms with Gasteiger partial charge in [-0.05, 0) is 38.6 Å². The number of pyridine rings is 1. The Kier molecular flexibility index (Phi) is 3.72. The van der Waals surface area contributed by atoms with E-state index in [9.17, 15) is 4.39 Å². The number of nitrogens with one attached hydrogen (secondary N) is 1. The van der Waals surface area contributed by atoms with Crippen molar-refractivity contribution in [3.8, 4) is 0 Å². The van der Waals surface area contributed by atoms with Gasteiger partial charge in [-0.1, -0.05) is 0 Å². The quantitative estimate of drug-likeness (QED) is 0.900. The highest BCUT2D eigenvalue weighted by Gasteiger charge is 2.18. The number of hydrogen-bond acceptors (Lipinski definition) is 3. The largest absolute Gasteiger partial charge is 0.308 e. The van der Waals surface area contributed by atoms with Crippen LogP contribution in [-0.2, 0) is 6.54 Å². The second-order valence-electron chi connectivity index (χ2n) is 4.18. The molecule has 1 atom stereocenters. The lowest BCUT2D eigenvalue weighted by molar-refractivity contribution is 0.554. The molecule has 0 amide bonds. The van der Waals surface area contributed by atoms with Crippen molar-refractivity contribution in [1.82, 2.24) is 20.1 Å². The molecule has 2 heterocycles. The molecule has 0 fully saturated rings. The minimum atomic E-state index is -0.327. The van der Waals surface area contributed by atoms with Crippen molar-refractivity contribution >= 4 is 0 Å². The normalized spacial score (nSPS) is 12.7. The summed E-state index contributed by atoms with van der Waals surface area (Å²) in [5.41, 5.74) is 2.77.